The van der Waals surface area contributed by atoms with Crippen LogP contribution in [0.5, 0.6) is 0 Å². The Labute approximate surface area is 184 Å². The standard InChI is InChI=1S/C23H24N4O5/c1-14(2)13-19-24-17-11-7-5-9-15(17)21(28)25(19)26-20(23(26,3)22(29)32-4)16-10-6-8-12-18(16)27(30)31/h5-12,14,20H,13H2,1-4H3/t20-,23+,26?/m0/s1. The number of fused-ring (bicyclic) bond motifs is 1. The van der Waals surface area contributed by atoms with Crippen molar-refractivity contribution in [3.8, 4) is 0 Å². The van der Waals surface area contributed by atoms with Gasteiger partial charge in [-0.1, -0.05) is 38.1 Å². The molecule has 0 spiro atoms. The first kappa shape index (κ1) is 21.5. The number of hydrogen-bond donors (Lipinski definition) is 0. The normalized spacial score (nSPS) is 19.9. The summed E-state index contributed by atoms with van der Waals surface area (Å²) in [6.45, 7) is 5.64. The maximum atomic E-state index is 13.6. The van der Waals surface area contributed by atoms with E-state index in [-0.39, 0.29) is 17.2 Å². The molecule has 0 radical (unpaired) electrons. The number of nitro groups is 1. The average molecular weight is 436 g/mol. The highest BCUT2D eigenvalue weighted by molar-refractivity contribution is 5.91. The Morgan fingerprint density at radius 1 is 1.22 bits per heavy atom. The quantitative estimate of drug-likeness (QED) is 0.253. The average Bonchev–Trinajstić information content (AvgIpc) is 3.38. The van der Waals surface area contributed by atoms with Crippen molar-refractivity contribution in [3.63, 3.8) is 0 Å². The number of methoxy groups -OCH3 is 1. The Hall–Kier alpha value is -3.75. The second kappa shape index (κ2) is 7.74. The molecule has 0 bridgehead atoms. The van der Waals surface area contributed by atoms with E-state index in [1.807, 2.05) is 19.9 Å². The Morgan fingerprint density at radius 2 is 1.88 bits per heavy atom. The molecule has 0 unspecified atom stereocenters. The van der Waals surface area contributed by atoms with Crippen LogP contribution in [-0.2, 0) is 16.0 Å². The zero-order valence-electron chi connectivity index (χ0n) is 18.3. The molecular weight excluding hydrogens is 412 g/mol. The Bertz CT molecular complexity index is 1280. The van der Waals surface area contributed by atoms with E-state index in [0.29, 0.717) is 28.7 Å². The third-order valence-corrected chi connectivity index (χ3v) is 5.84. The minimum Gasteiger partial charge on any atom is -0.467 e. The van der Waals surface area contributed by atoms with Crippen molar-refractivity contribution >= 4 is 22.6 Å². The summed E-state index contributed by atoms with van der Waals surface area (Å²) in [6.07, 6.45) is 0.484. The number of carbonyl (C=O) groups is 1. The lowest BCUT2D eigenvalue weighted by Crippen LogP contribution is -2.40. The number of benzene rings is 2. The van der Waals surface area contributed by atoms with Crippen LogP contribution < -0.4 is 10.6 Å². The van der Waals surface area contributed by atoms with Crippen LogP contribution in [0.3, 0.4) is 0 Å². The number of carbonyl (C=O) groups excluding carboxylic acids is 1. The fourth-order valence-corrected chi connectivity index (χ4v) is 4.32. The fourth-order valence-electron chi connectivity index (χ4n) is 4.32. The molecule has 1 fully saturated rings. The first-order valence-corrected chi connectivity index (χ1v) is 10.3. The highest BCUT2D eigenvalue weighted by atomic mass is 16.6. The molecule has 166 valence electrons. The maximum absolute atomic E-state index is 13.6. The van der Waals surface area contributed by atoms with Gasteiger partial charge in [0, 0.05) is 12.5 Å². The van der Waals surface area contributed by atoms with Gasteiger partial charge in [0.15, 0.2) is 5.54 Å². The van der Waals surface area contributed by atoms with Gasteiger partial charge in [-0.05, 0) is 31.0 Å². The van der Waals surface area contributed by atoms with Crippen molar-refractivity contribution in [1.82, 2.24) is 9.66 Å². The van der Waals surface area contributed by atoms with Gasteiger partial charge in [-0.25, -0.2) is 14.5 Å². The molecule has 4 rings (SSSR count). The molecule has 3 aromatic rings. The van der Waals surface area contributed by atoms with Gasteiger partial charge in [0.25, 0.3) is 11.2 Å². The molecule has 32 heavy (non-hydrogen) atoms. The summed E-state index contributed by atoms with van der Waals surface area (Å²) >= 11 is 0. The molecule has 2 heterocycles. The molecule has 0 aliphatic carbocycles. The van der Waals surface area contributed by atoms with Crippen molar-refractivity contribution in [2.75, 3.05) is 12.1 Å². The predicted octanol–water partition coefficient (Wildman–Crippen LogP) is 3.13. The maximum Gasteiger partial charge on any atom is 0.335 e. The van der Waals surface area contributed by atoms with Gasteiger partial charge >= 0.3 is 5.97 Å². The van der Waals surface area contributed by atoms with Crippen LogP contribution in [0.25, 0.3) is 10.9 Å². The van der Waals surface area contributed by atoms with E-state index in [1.165, 1.54) is 17.9 Å². The molecule has 2 atom stereocenters. The van der Waals surface area contributed by atoms with Crippen LogP contribution in [0, 0.1) is 16.0 Å². The Morgan fingerprint density at radius 3 is 2.53 bits per heavy atom. The van der Waals surface area contributed by atoms with Crippen molar-refractivity contribution in [1.29, 1.82) is 0 Å². The van der Waals surface area contributed by atoms with Crippen molar-refractivity contribution < 1.29 is 14.5 Å². The lowest BCUT2D eigenvalue weighted by molar-refractivity contribution is -0.385. The van der Waals surface area contributed by atoms with Crippen LogP contribution >= 0.6 is 0 Å². The van der Waals surface area contributed by atoms with E-state index >= 15 is 0 Å². The summed E-state index contributed by atoms with van der Waals surface area (Å²) in [7, 11) is 1.26. The van der Waals surface area contributed by atoms with E-state index in [2.05, 4.69) is 0 Å². The van der Waals surface area contributed by atoms with Gasteiger partial charge in [-0.3, -0.25) is 19.9 Å². The molecule has 9 heteroatoms. The number of rotatable bonds is 6. The lowest BCUT2D eigenvalue weighted by atomic mass is 10.00. The molecular formula is C23H24N4O5. The number of esters is 1. The highest BCUT2D eigenvalue weighted by Crippen LogP contribution is 2.53. The number of para-hydroxylation sites is 2. The zero-order valence-corrected chi connectivity index (χ0v) is 18.3. The van der Waals surface area contributed by atoms with E-state index in [9.17, 15) is 19.7 Å². The van der Waals surface area contributed by atoms with Gasteiger partial charge in [-0.15, -0.1) is 0 Å². The molecule has 0 saturated carbocycles. The number of aromatic nitrogens is 2. The van der Waals surface area contributed by atoms with E-state index in [0.717, 1.165) is 0 Å². The van der Waals surface area contributed by atoms with Crippen LogP contribution in [0.1, 0.15) is 38.2 Å². The van der Waals surface area contributed by atoms with E-state index in [1.54, 1.807) is 48.3 Å². The summed E-state index contributed by atoms with van der Waals surface area (Å²) in [6, 6.07) is 12.5. The molecule has 1 saturated heterocycles. The Balaban J connectivity index is 1.99. The second-order valence-electron chi connectivity index (χ2n) is 8.46. The zero-order chi connectivity index (χ0) is 23.2. The van der Waals surface area contributed by atoms with Gasteiger partial charge < -0.3 is 4.74 Å². The first-order chi connectivity index (χ1) is 15.2. The van der Waals surface area contributed by atoms with Crippen molar-refractivity contribution in [2.24, 2.45) is 5.92 Å². The highest BCUT2D eigenvalue weighted by Gasteiger charge is 2.69. The predicted molar refractivity (Wildman–Crippen MR) is 119 cm³/mol. The summed E-state index contributed by atoms with van der Waals surface area (Å²) in [4.78, 5) is 42.4. The van der Waals surface area contributed by atoms with Crippen LogP contribution in [-0.4, -0.2) is 33.2 Å². The smallest absolute Gasteiger partial charge is 0.335 e. The monoisotopic (exact) mass is 436 g/mol. The molecule has 0 N–H and O–H groups in total. The largest absolute Gasteiger partial charge is 0.467 e. The summed E-state index contributed by atoms with van der Waals surface area (Å²) in [5.41, 5.74) is -0.861. The summed E-state index contributed by atoms with van der Waals surface area (Å²) in [5, 5.41) is 13.7. The Kier molecular flexibility index (Phi) is 5.20. The van der Waals surface area contributed by atoms with Crippen LogP contribution in [0.4, 0.5) is 5.69 Å². The van der Waals surface area contributed by atoms with Crippen LogP contribution in [0.15, 0.2) is 53.3 Å². The number of hydrogen-bond acceptors (Lipinski definition) is 7. The van der Waals surface area contributed by atoms with E-state index < -0.39 is 22.5 Å². The second-order valence-corrected chi connectivity index (χ2v) is 8.46. The minimum atomic E-state index is -1.31. The van der Waals surface area contributed by atoms with Gasteiger partial charge in [0.2, 0.25) is 0 Å². The van der Waals surface area contributed by atoms with E-state index in [4.69, 9.17) is 9.72 Å². The molecule has 1 aliphatic rings. The molecule has 1 aromatic heterocycles. The first-order valence-electron chi connectivity index (χ1n) is 10.3. The molecule has 1 aliphatic heterocycles. The number of nitro benzene ring substituents is 1. The minimum absolute atomic E-state index is 0.123. The number of nitrogens with zero attached hydrogens (tertiary/aromatic N) is 4. The third kappa shape index (κ3) is 3.21. The number of ether oxygens (including phenoxy) is 1. The molecule has 9 nitrogen and oxygen atoms in total. The van der Waals surface area contributed by atoms with Gasteiger partial charge in [0.1, 0.15) is 11.9 Å². The fraction of sp³-hybridized carbons (Fsp3) is 0.348. The van der Waals surface area contributed by atoms with Crippen LogP contribution in [0.2, 0.25) is 0 Å². The summed E-state index contributed by atoms with van der Waals surface area (Å²) < 4.78 is 6.45. The van der Waals surface area contributed by atoms with Gasteiger partial charge in [0.05, 0.1) is 28.5 Å². The third-order valence-electron chi connectivity index (χ3n) is 5.84. The van der Waals surface area contributed by atoms with Gasteiger partial charge in [-0.2, -0.15) is 0 Å². The topological polar surface area (TPSA) is 107 Å². The SMILES string of the molecule is COC(=O)[C@@]1(C)[C@H](c2ccccc2[N+](=O)[O-])N1n1c(CC(C)C)nc2ccccc2c1=O. The lowest BCUT2D eigenvalue weighted by Gasteiger charge is -2.19. The molecule has 0 amide bonds. The summed E-state index contributed by atoms with van der Waals surface area (Å²) in [5.74, 6) is 0.0827. The molecule has 2 aromatic carbocycles. The van der Waals surface area contributed by atoms with Crippen molar-refractivity contribution in [3.05, 3.63) is 80.4 Å². The van der Waals surface area contributed by atoms with Crippen molar-refractivity contribution in [2.45, 2.75) is 38.8 Å².